The van der Waals surface area contributed by atoms with E-state index in [0.717, 1.165) is 19.0 Å². The number of rotatable bonds is 3. The van der Waals surface area contributed by atoms with Crippen LogP contribution in [0.2, 0.25) is 0 Å². The van der Waals surface area contributed by atoms with Gasteiger partial charge in [0.15, 0.2) is 0 Å². The summed E-state index contributed by atoms with van der Waals surface area (Å²) in [6.45, 7) is 3.50. The highest BCUT2D eigenvalue weighted by Crippen LogP contribution is 2.25. The third kappa shape index (κ3) is 4.93. The van der Waals surface area contributed by atoms with Gasteiger partial charge in [0.25, 0.3) is 0 Å². The predicted molar refractivity (Wildman–Crippen MR) is 71.9 cm³/mol. The molecule has 21 heavy (non-hydrogen) atoms. The lowest BCUT2D eigenvalue weighted by Gasteiger charge is -2.26. The molecule has 116 valence electrons. The van der Waals surface area contributed by atoms with Crippen LogP contribution in [0.15, 0.2) is 24.3 Å². The topological polar surface area (TPSA) is 50.4 Å². The van der Waals surface area contributed by atoms with Crippen molar-refractivity contribution in [1.29, 1.82) is 0 Å². The lowest BCUT2D eigenvalue weighted by molar-refractivity contribution is -0.274. The van der Waals surface area contributed by atoms with Gasteiger partial charge in [0.1, 0.15) is 5.75 Å². The maximum Gasteiger partial charge on any atom is 0.573 e. The highest BCUT2D eigenvalue weighted by Gasteiger charge is 2.31. The van der Waals surface area contributed by atoms with Crippen molar-refractivity contribution in [3.63, 3.8) is 0 Å². The summed E-state index contributed by atoms with van der Waals surface area (Å²) >= 11 is 0. The van der Waals surface area contributed by atoms with E-state index in [4.69, 9.17) is 0 Å². The van der Waals surface area contributed by atoms with E-state index in [0.29, 0.717) is 18.2 Å². The molecule has 7 heteroatoms. The standard InChI is InChI=1S/C14H17F3N2O2/c1-9-5-10(8-18-7-9)13(20)19-11-3-2-4-12(6-11)21-14(15,16)17/h2-4,6,9-10,18H,5,7-8H2,1H3,(H,19,20). The lowest BCUT2D eigenvalue weighted by Crippen LogP contribution is -2.40. The van der Waals surface area contributed by atoms with Gasteiger partial charge in [-0.25, -0.2) is 0 Å². The first kappa shape index (κ1) is 15.6. The zero-order valence-electron chi connectivity index (χ0n) is 11.5. The minimum atomic E-state index is -4.74. The third-order valence-corrected chi connectivity index (χ3v) is 3.28. The van der Waals surface area contributed by atoms with Crippen molar-refractivity contribution in [2.75, 3.05) is 18.4 Å². The van der Waals surface area contributed by atoms with Gasteiger partial charge in [-0.2, -0.15) is 0 Å². The second kappa shape index (κ2) is 6.34. The van der Waals surface area contributed by atoms with E-state index in [2.05, 4.69) is 15.4 Å². The van der Waals surface area contributed by atoms with Crippen LogP contribution in [-0.4, -0.2) is 25.4 Å². The summed E-state index contributed by atoms with van der Waals surface area (Å²) in [6, 6.07) is 5.28. The highest BCUT2D eigenvalue weighted by atomic mass is 19.4. The molecule has 0 saturated carbocycles. The van der Waals surface area contributed by atoms with Crippen LogP contribution in [0.3, 0.4) is 0 Å². The molecule has 1 aromatic carbocycles. The van der Waals surface area contributed by atoms with Gasteiger partial charge in [-0.1, -0.05) is 13.0 Å². The molecule has 0 spiro atoms. The number of anilines is 1. The number of carbonyl (C=O) groups is 1. The summed E-state index contributed by atoms with van der Waals surface area (Å²) in [5.41, 5.74) is 0.292. The van der Waals surface area contributed by atoms with Crippen LogP contribution >= 0.6 is 0 Å². The zero-order chi connectivity index (χ0) is 15.5. The molecule has 0 bridgehead atoms. The van der Waals surface area contributed by atoms with Gasteiger partial charge < -0.3 is 15.4 Å². The summed E-state index contributed by atoms with van der Waals surface area (Å²) in [4.78, 5) is 12.1. The van der Waals surface area contributed by atoms with Crippen LogP contribution in [0.4, 0.5) is 18.9 Å². The average Bonchev–Trinajstić information content (AvgIpc) is 2.37. The first-order chi connectivity index (χ1) is 9.83. The van der Waals surface area contributed by atoms with Crippen molar-refractivity contribution >= 4 is 11.6 Å². The first-order valence-corrected chi connectivity index (χ1v) is 6.71. The van der Waals surface area contributed by atoms with E-state index >= 15 is 0 Å². The first-order valence-electron chi connectivity index (χ1n) is 6.71. The Morgan fingerprint density at radius 1 is 1.38 bits per heavy atom. The minimum Gasteiger partial charge on any atom is -0.406 e. The zero-order valence-corrected chi connectivity index (χ0v) is 11.5. The van der Waals surface area contributed by atoms with Gasteiger partial charge in [0.05, 0.1) is 5.92 Å². The van der Waals surface area contributed by atoms with Gasteiger partial charge in [-0.05, 0) is 31.0 Å². The van der Waals surface area contributed by atoms with E-state index in [-0.39, 0.29) is 17.6 Å². The van der Waals surface area contributed by atoms with Crippen molar-refractivity contribution in [3.8, 4) is 5.75 Å². The van der Waals surface area contributed by atoms with Gasteiger partial charge in [-0.3, -0.25) is 4.79 Å². The molecule has 0 aliphatic carbocycles. The van der Waals surface area contributed by atoms with Crippen molar-refractivity contribution in [3.05, 3.63) is 24.3 Å². The molecule has 0 radical (unpaired) electrons. The Morgan fingerprint density at radius 3 is 2.81 bits per heavy atom. The number of nitrogens with one attached hydrogen (secondary N) is 2. The summed E-state index contributed by atoms with van der Waals surface area (Å²) in [7, 11) is 0. The Bertz CT molecular complexity index is 505. The van der Waals surface area contributed by atoms with E-state index in [9.17, 15) is 18.0 Å². The van der Waals surface area contributed by atoms with Crippen LogP contribution in [0.1, 0.15) is 13.3 Å². The molecule has 2 rings (SSSR count). The largest absolute Gasteiger partial charge is 0.573 e. The predicted octanol–water partition coefficient (Wildman–Crippen LogP) is 2.77. The Morgan fingerprint density at radius 2 is 2.14 bits per heavy atom. The van der Waals surface area contributed by atoms with E-state index in [1.54, 1.807) is 0 Å². The fourth-order valence-electron chi connectivity index (χ4n) is 2.37. The number of ether oxygens (including phenoxy) is 1. The molecule has 1 aliphatic heterocycles. The summed E-state index contributed by atoms with van der Waals surface area (Å²) < 4.78 is 40.3. The number of piperidine rings is 1. The van der Waals surface area contributed by atoms with Crippen LogP contribution < -0.4 is 15.4 Å². The monoisotopic (exact) mass is 302 g/mol. The lowest BCUT2D eigenvalue weighted by atomic mass is 9.91. The van der Waals surface area contributed by atoms with E-state index < -0.39 is 6.36 Å². The van der Waals surface area contributed by atoms with E-state index in [1.807, 2.05) is 6.92 Å². The number of amides is 1. The van der Waals surface area contributed by atoms with Crippen LogP contribution in [0, 0.1) is 11.8 Å². The Hall–Kier alpha value is -1.76. The second-order valence-electron chi connectivity index (χ2n) is 5.26. The molecule has 1 saturated heterocycles. The van der Waals surface area contributed by atoms with Gasteiger partial charge in [0, 0.05) is 18.3 Å². The number of benzene rings is 1. The summed E-state index contributed by atoms with van der Waals surface area (Å²) in [5, 5.41) is 5.79. The molecule has 1 amide bonds. The highest BCUT2D eigenvalue weighted by molar-refractivity contribution is 5.92. The molecular weight excluding hydrogens is 285 g/mol. The fourth-order valence-corrected chi connectivity index (χ4v) is 2.37. The molecule has 1 aromatic rings. The quantitative estimate of drug-likeness (QED) is 0.902. The molecular formula is C14H17F3N2O2. The number of carbonyl (C=O) groups excluding carboxylic acids is 1. The molecule has 1 heterocycles. The van der Waals surface area contributed by atoms with Crippen LogP contribution in [-0.2, 0) is 4.79 Å². The molecule has 1 aliphatic rings. The summed E-state index contributed by atoms with van der Waals surface area (Å²) in [6.07, 6.45) is -3.98. The van der Waals surface area contributed by atoms with Crippen molar-refractivity contribution < 1.29 is 22.7 Å². The Kier molecular flexibility index (Phi) is 4.72. The van der Waals surface area contributed by atoms with Crippen molar-refractivity contribution in [2.24, 2.45) is 11.8 Å². The molecule has 2 N–H and O–H groups in total. The van der Waals surface area contributed by atoms with Crippen LogP contribution in [0.25, 0.3) is 0 Å². The van der Waals surface area contributed by atoms with E-state index in [1.165, 1.54) is 18.2 Å². The normalized spacial score (nSPS) is 22.7. The van der Waals surface area contributed by atoms with Crippen molar-refractivity contribution in [2.45, 2.75) is 19.7 Å². The molecule has 2 atom stereocenters. The molecule has 0 aromatic heterocycles. The van der Waals surface area contributed by atoms with Gasteiger partial charge in [-0.15, -0.1) is 13.2 Å². The number of hydrogen-bond donors (Lipinski definition) is 2. The third-order valence-electron chi connectivity index (χ3n) is 3.28. The number of hydrogen-bond acceptors (Lipinski definition) is 3. The Labute approximate surface area is 120 Å². The van der Waals surface area contributed by atoms with Crippen molar-refractivity contribution in [1.82, 2.24) is 5.32 Å². The smallest absolute Gasteiger partial charge is 0.406 e. The van der Waals surface area contributed by atoms with Gasteiger partial charge in [0.2, 0.25) is 5.91 Å². The molecule has 2 unspecified atom stereocenters. The maximum atomic E-state index is 12.2. The fraction of sp³-hybridized carbons (Fsp3) is 0.500. The maximum absolute atomic E-state index is 12.2. The SMILES string of the molecule is CC1CNCC(C(=O)Nc2cccc(OC(F)(F)F)c2)C1. The molecule has 1 fully saturated rings. The van der Waals surface area contributed by atoms with Crippen LogP contribution in [0.5, 0.6) is 5.75 Å². The minimum absolute atomic E-state index is 0.180. The Balaban J connectivity index is 1.99. The molecule has 4 nitrogen and oxygen atoms in total. The second-order valence-corrected chi connectivity index (χ2v) is 5.26. The van der Waals surface area contributed by atoms with Gasteiger partial charge >= 0.3 is 6.36 Å². The average molecular weight is 302 g/mol. The summed E-state index contributed by atoms with van der Waals surface area (Å²) in [5.74, 6) is -0.330. The number of halogens is 3. The number of alkyl halides is 3.